The molecule has 9 nitrogen and oxygen atoms in total. The van der Waals surface area contributed by atoms with Crippen molar-refractivity contribution in [2.24, 2.45) is 5.92 Å². The first-order valence-electron chi connectivity index (χ1n) is 11.3. The molecular weight excluding hydrogens is 440 g/mol. The van der Waals surface area contributed by atoms with Crippen LogP contribution in [0.5, 0.6) is 0 Å². The SMILES string of the molecule is O=C(CC(O)CNC(=O)OCC1c2ccccc2-c2ccccc21)NCC1CCOC1C(=O)O. The average molecular weight is 469 g/mol. The Kier molecular flexibility index (Phi) is 7.44. The lowest BCUT2D eigenvalue weighted by atomic mass is 9.98. The molecule has 3 unspecified atom stereocenters. The second-order valence-electron chi connectivity index (χ2n) is 8.55. The van der Waals surface area contributed by atoms with Crippen LogP contribution in [-0.2, 0) is 19.1 Å². The molecule has 1 saturated heterocycles. The van der Waals surface area contributed by atoms with Crippen molar-refractivity contribution < 1.29 is 34.1 Å². The number of carboxylic acid groups (broad SMARTS) is 1. The molecule has 1 aliphatic heterocycles. The maximum atomic E-state index is 12.2. The van der Waals surface area contributed by atoms with E-state index in [1.54, 1.807) is 0 Å². The zero-order valence-corrected chi connectivity index (χ0v) is 18.6. The number of carbonyl (C=O) groups is 3. The molecule has 2 amide bonds. The normalized spacial score (nSPS) is 19.7. The van der Waals surface area contributed by atoms with Gasteiger partial charge in [-0.2, -0.15) is 0 Å². The molecule has 4 N–H and O–H groups in total. The van der Waals surface area contributed by atoms with Gasteiger partial charge in [0.05, 0.1) is 12.5 Å². The van der Waals surface area contributed by atoms with Crippen LogP contribution in [0.4, 0.5) is 4.79 Å². The third kappa shape index (κ3) is 5.37. The zero-order chi connectivity index (χ0) is 24.1. The Bertz CT molecular complexity index is 1010. The minimum atomic E-state index is -1.10. The number of aliphatic hydroxyl groups excluding tert-OH is 1. The summed E-state index contributed by atoms with van der Waals surface area (Å²) in [5.74, 6) is -1.86. The van der Waals surface area contributed by atoms with E-state index in [4.69, 9.17) is 14.6 Å². The number of amides is 2. The summed E-state index contributed by atoms with van der Waals surface area (Å²) in [5.41, 5.74) is 4.47. The van der Waals surface area contributed by atoms with Crippen LogP contribution in [0.2, 0.25) is 0 Å². The van der Waals surface area contributed by atoms with Crippen LogP contribution >= 0.6 is 0 Å². The summed E-state index contributed by atoms with van der Waals surface area (Å²) in [6.07, 6.45) is -2.39. The summed E-state index contributed by atoms with van der Waals surface area (Å²) in [7, 11) is 0. The van der Waals surface area contributed by atoms with E-state index in [1.807, 2.05) is 36.4 Å². The third-order valence-corrected chi connectivity index (χ3v) is 6.27. The number of benzene rings is 2. The van der Waals surface area contributed by atoms with E-state index in [-0.39, 0.29) is 38.0 Å². The van der Waals surface area contributed by atoms with Crippen molar-refractivity contribution in [1.29, 1.82) is 0 Å². The third-order valence-electron chi connectivity index (χ3n) is 6.27. The van der Waals surface area contributed by atoms with Crippen molar-refractivity contribution in [3.8, 4) is 11.1 Å². The van der Waals surface area contributed by atoms with E-state index in [0.29, 0.717) is 13.0 Å². The molecule has 4 rings (SSSR count). The van der Waals surface area contributed by atoms with E-state index in [2.05, 4.69) is 22.8 Å². The van der Waals surface area contributed by atoms with E-state index in [1.165, 1.54) is 0 Å². The molecule has 2 aromatic carbocycles. The molecule has 2 aliphatic rings. The highest BCUT2D eigenvalue weighted by Gasteiger charge is 2.34. The van der Waals surface area contributed by atoms with Gasteiger partial charge in [-0.1, -0.05) is 48.5 Å². The minimum absolute atomic E-state index is 0.0666. The lowest BCUT2D eigenvalue weighted by molar-refractivity contribution is -0.149. The molecule has 0 aromatic heterocycles. The van der Waals surface area contributed by atoms with Gasteiger partial charge in [0, 0.05) is 31.5 Å². The molecule has 0 spiro atoms. The van der Waals surface area contributed by atoms with E-state index < -0.39 is 30.2 Å². The van der Waals surface area contributed by atoms with Crippen molar-refractivity contribution in [1.82, 2.24) is 10.6 Å². The fraction of sp³-hybridized carbons (Fsp3) is 0.400. The van der Waals surface area contributed by atoms with Crippen LogP contribution in [0.15, 0.2) is 48.5 Å². The number of aliphatic hydroxyl groups is 1. The van der Waals surface area contributed by atoms with Gasteiger partial charge in [0.25, 0.3) is 0 Å². The summed E-state index contributed by atoms with van der Waals surface area (Å²) >= 11 is 0. The summed E-state index contributed by atoms with van der Waals surface area (Å²) in [6.45, 7) is 0.505. The van der Waals surface area contributed by atoms with Gasteiger partial charge in [-0.25, -0.2) is 9.59 Å². The first kappa shape index (κ1) is 23.7. The second-order valence-corrected chi connectivity index (χ2v) is 8.55. The molecule has 1 fully saturated rings. The Morgan fingerprint density at radius 2 is 1.68 bits per heavy atom. The number of aliphatic carboxylic acids is 1. The van der Waals surface area contributed by atoms with Gasteiger partial charge in [0.2, 0.25) is 5.91 Å². The number of hydrogen-bond donors (Lipinski definition) is 4. The molecule has 2 aromatic rings. The first-order valence-corrected chi connectivity index (χ1v) is 11.3. The van der Waals surface area contributed by atoms with Gasteiger partial charge in [-0.15, -0.1) is 0 Å². The van der Waals surface area contributed by atoms with Gasteiger partial charge in [0.15, 0.2) is 6.10 Å². The summed E-state index contributed by atoms with van der Waals surface area (Å²) < 4.78 is 10.6. The largest absolute Gasteiger partial charge is 0.479 e. The number of ether oxygens (including phenoxy) is 2. The standard InChI is InChI=1S/C25H28N2O7/c28-16(11-22(29)26-12-15-9-10-33-23(15)24(30)31)13-27-25(32)34-14-21-19-7-3-1-5-17(19)18-6-2-4-8-20(18)21/h1-8,15-16,21,23,28H,9-14H2,(H,26,29)(H,27,32)(H,30,31). The van der Waals surface area contributed by atoms with Crippen molar-refractivity contribution in [3.63, 3.8) is 0 Å². The Balaban J connectivity index is 1.19. The van der Waals surface area contributed by atoms with Crippen LogP contribution in [0.25, 0.3) is 11.1 Å². The Morgan fingerprint density at radius 1 is 1.03 bits per heavy atom. The van der Waals surface area contributed by atoms with Crippen molar-refractivity contribution in [3.05, 3.63) is 59.7 Å². The number of rotatable bonds is 9. The molecule has 34 heavy (non-hydrogen) atoms. The molecular formula is C25H28N2O7. The summed E-state index contributed by atoms with van der Waals surface area (Å²) in [6, 6.07) is 16.0. The van der Waals surface area contributed by atoms with Gasteiger partial charge >= 0.3 is 12.1 Å². The minimum Gasteiger partial charge on any atom is -0.479 e. The molecule has 1 heterocycles. The molecule has 1 aliphatic carbocycles. The average Bonchev–Trinajstić information content (AvgIpc) is 3.43. The number of carboxylic acids is 1. The predicted octanol–water partition coefficient (Wildman–Crippen LogP) is 1.88. The van der Waals surface area contributed by atoms with Gasteiger partial charge in [0.1, 0.15) is 6.61 Å². The maximum Gasteiger partial charge on any atom is 0.407 e. The van der Waals surface area contributed by atoms with Gasteiger partial charge < -0.3 is 30.3 Å². The van der Waals surface area contributed by atoms with Crippen LogP contribution in [0.1, 0.15) is 29.9 Å². The molecule has 9 heteroatoms. The van der Waals surface area contributed by atoms with Crippen molar-refractivity contribution in [2.45, 2.75) is 31.0 Å². The lowest BCUT2D eigenvalue weighted by Gasteiger charge is -2.17. The van der Waals surface area contributed by atoms with Gasteiger partial charge in [-0.3, -0.25) is 4.79 Å². The fourth-order valence-electron chi connectivity index (χ4n) is 4.57. The quantitative estimate of drug-likeness (QED) is 0.441. The highest BCUT2D eigenvalue weighted by Crippen LogP contribution is 2.44. The summed E-state index contributed by atoms with van der Waals surface area (Å²) in [4.78, 5) is 35.4. The predicted molar refractivity (Wildman–Crippen MR) is 122 cm³/mol. The number of hydrogen-bond acceptors (Lipinski definition) is 6. The number of carbonyl (C=O) groups excluding carboxylic acids is 2. The second kappa shape index (κ2) is 10.7. The molecule has 3 atom stereocenters. The lowest BCUT2D eigenvalue weighted by Crippen LogP contribution is -2.39. The topological polar surface area (TPSA) is 134 Å². The van der Waals surface area contributed by atoms with Crippen molar-refractivity contribution >= 4 is 18.0 Å². The number of nitrogens with one attached hydrogen (secondary N) is 2. The van der Waals surface area contributed by atoms with E-state index >= 15 is 0 Å². The van der Waals surface area contributed by atoms with Crippen LogP contribution in [0, 0.1) is 5.92 Å². The highest BCUT2D eigenvalue weighted by atomic mass is 16.5. The Hall–Kier alpha value is -3.43. The summed E-state index contributed by atoms with van der Waals surface area (Å²) in [5, 5.41) is 24.3. The first-order chi connectivity index (χ1) is 16.4. The van der Waals surface area contributed by atoms with Crippen LogP contribution in [0.3, 0.4) is 0 Å². The molecule has 180 valence electrons. The van der Waals surface area contributed by atoms with Gasteiger partial charge in [-0.05, 0) is 28.7 Å². The molecule has 0 radical (unpaired) electrons. The number of fused-ring (bicyclic) bond motifs is 3. The van der Waals surface area contributed by atoms with Crippen molar-refractivity contribution in [2.75, 3.05) is 26.3 Å². The van der Waals surface area contributed by atoms with Crippen LogP contribution in [-0.4, -0.2) is 66.7 Å². The monoisotopic (exact) mass is 468 g/mol. The Morgan fingerprint density at radius 3 is 2.32 bits per heavy atom. The van der Waals surface area contributed by atoms with E-state index in [9.17, 15) is 19.5 Å². The maximum absolute atomic E-state index is 12.2. The molecule has 0 bridgehead atoms. The zero-order valence-electron chi connectivity index (χ0n) is 18.6. The smallest absolute Gasteiger partial charge is 0.407 e. The highest BCUT2D eigenvalue weighted by molar-refractivity contribution is 5.79. The molecule has 0 saturated carbocycles. The fourth-order valence-corrected chi connectivity index (χ4v) is 4.57. The number of alkyl carbamates (subject to hydrolysis) is 1. The van der Waals surface area contributed by atoms with Crippen LogP contribution < -0.4 is 10.6 Å². The van der Waals surface area contributed by atoms with E-state index in [0.717, 1.165) is 22.3 Å². The Labute approximate surface area is 197 Å².